The molecule has 0 unspecified atom stereocenters. The Hall–Kier alpha value is -3.21. The Bertz CT molecular complexity index is 1140. The molecule has 0 saturated heterocycles. The molecule has 1 amide bonds. The third-order valence-electron chi connectivity index (χ3n) is 5.10. The number of benzene rings is 3. The van der Waals surface area contributed by atoms with E-state index >= 15 is 0 Å². The van der Waals surface area contributed by atoms with Crippen molar-refractivity contribution in [3.63, 3.8) is 0 Å². The van der Waals surface area contributed by atoms with Gasteiger partial charge in [0.15, 0.2) is 0 Å². The third-order valence-corrected chi connectivity index (χ3v) is 5.10. The molecule has 0 aliphatic rings. The molecular weight excluding hydrogens is 402 g/mol. The van der Waals surface area contributed by atoms with Crippen LogP contribution in [0.2, 0.25) is 0 Å². The number of anilines is 1. The van der Waals surface area contributed by atoms with Gasteiger partial charge in [0, 0.05) is 16.8 Å². The van der Waals surface area contributed by atoms with Gasteiger partial charge in [-0.15, -0.1) is 0 Å². The Morgan fingerprint density at radius 1 is 0.812 bits per heavy atom. The molecule has 3 aromatic rings. The molecule has 0 fully saturated rings. The average Bonchev–Trinajstić information content (AvgIpc) is 2.70. The highest BCUT2D eigenvalue weighted by molar-refractivity contribution is 5.92. The van der Waals surface area contributed by atoms with Crippen LogP contribution >= 0.6 is 0 Å². The van der Waals surface area contributed by atoms with Crippen LogP contribution < -0.4 is 14.8 Å². The van der Waals surface area contributed by atoms with Crippen molar-refractivity contribution < 1.29 is 19.0 Å². The van der Waals surface area contributed by atoms with Gasteiger partial charge in [-0.25, -0.2) is 4.79 Å². The van der Waals surface area contributed by atoms with Crippen LogP contribution in [0.25, 0.3) is 21.9 Å². The van der Waals surface area contributed by atoms with Crippen molar-refractivity contribution in [3.8, 4) is 22.6 Å². The minimum atomic E-state index is -0.578. The predicted octanol–water partition coefficient (Wildman–Crippen LogP) is 7.17. The van der Waals surface area contributed by atoms with Gasteiger partial charge in [0.05, 0.1) is 14.2 Å². The summed E-state index contributed by atoms with van der Waals surface area (Å²) in [6.45, 7) is 11.9. The SMILES string of the molecule is COc1ccc2cc(-c3cc(NC(=O)OC(C)(C)C)cc(C(C)(C)C)c3OC)ccc2c1. The predicted molar refractivity (Wildman–Crippen MR) is 131 cm³/mol. The Morgan fingerprint density at radius 3 is 2.06 bits per heavy atom. The first kappa shape index (κ1) is 23.5. The lowest BCUT2D eigenvalue weighted by atomic mass is 9.83. The number of nitrogens with one attached hydrogen (secondary N) is 1. The van der Waals surface area contributed by atoms with E-state index < -0.39 is 11.7 Å². The van der Waals surface area contributed by atoms with E-state index in [1.165, 1.54) is 0 Å². The molecule has 0 radical (unpaired) electrons. The summed E-state index contributed by atoms with van der Waals surface area (Å²) < 4.78 is 16.7. The van der Waals surface area contributed by atoms with Gasteiger partial charge in [-0.1, -0.05) is 39.0 Å². The van der Waals surface area contributed by atoms with Gasteiger partial charge in [0.25, 0.3) is 0 Å². The normalized spacial score (nSPS) is 11.9. The summed E-state index contributed by atoms with van der Waals surface area (Å²) in [6.07, 6.45) is -0.487. The molecule has 5 nitrogen and oxygen atoms in total. The van der Waals surface area contributed by atoms with Gasteiger partial charge in [0.1, 0.15) is 17.1 Å². The van der Waals surface area contributed by atoms with Crippen molar-refractivity contribution in [2.45, 2.75) is 52.6 Å². The van der Waals surface area contributed by atoms with Crippen LogP contribution in [-0.4, -0.2) is 25.9 Å². The number of amides is 1. The first-order chi connectivity index (χ1) is 14.9. The van der Waals surface area contributed by atoms with E-state index in [1.807, 2.05) is 51.1 Å². The molecule has 0 atom stereocenters. The molecule has 5 heteroatoms. The molecule has 1 N–H and O–H groups in total. The highest BCUT2D eigenvalue weighted by atomic mass is 16.6. The fraction of sp³-hybridized carbons (Fsp3) is 0.370. The van der Waals surface area contributed by atoms with Gasteiger partial charge >= 0.3 is 6.09 Å². The number of carbonyl (C=O) groups is 1. The number of carbonyl (C=O) groups excluding carboxylic acids is 1. The Morgan fingerprint density at radius 2 is 1.47 bits per heavy atom. The molecule has 3 rings (SSSR count). The number of hydrogen-bond donors (Lipinski definition) is 1. The highest BCUT2D eigenvalue weighted by Gasteiger charge is 2.24. The Kier molecular flexibility index (Phi) is 6.40. The number of ether oxygens (including phenoxy) is 3. The number of fused-ring (bicyclic) bond motifs is 1. The van der Waals surface area contributed by atoms with Crippen LogP contribution in [0.3, 0.4) is 0 Å². The summed E-state index contributed by atoms with van der Waals surface area (Å²) >= 11 is 0. The molecule has 0 aromatic heterocycles. The summed E-state index contributed by atoms with van der Waals surface area (Å²) in [4.78, 5) is 12.5. The quantitative estimate of drug-likeness (QED) is 0.472. The maximum atomic E-state index is 12.5. The number of rotatable bonds is 4. The molecule has 0 spiro atoms. The summed E-state index contributed by atoms with van der Waals surface area (Å²) in [7, 11) is 3.35. The summed E-state index contributed by atoms with van der Waals surface area (Å²) in [5.74, 6) is 1.61. The lowest BCUT2D eigenvalue weighted by Gasteiger charge is -2.26. The lowest BCUT2D eigenvalue weighted by Crippen LogP contribution is -2.27. The molecule has 0 heterocycles. The van der Waals surface area contributed by atoms with Crippen molar-refractivity contribution >= 4 is 22.6 Å². The monoisotopic (exact) mass is 435 g/mol. The van der Waals surface area contributed by atoms with Crippen LogP contribution in [0.15, 0.2) is 48.5 Å². The smallest absolute Gasteiger partial charge is 0.412 e. The van der Waals surface area contributed by atoms with Crippen molar-refractivity contribution in [1.82, 2.24) is 0 Å². The maximum Gasteiger partial charge on any atom is 0.412 e. The number of hydrogen-bond acceptors (Lipinski definition) is 4. The molecule has 0 aliphatic carbocycles. The van der Waals surface area contributed by atoms with Gasteiger partial charge in [0.2, 0.25) is 0 Å². The molecule has 0 aliphatic heterocycles. The average molecular weight is 436 g/mol. The van der Waals surface area contributed by atoms with Crippen LogP contribution in [0.5, 0.6) is 11.5 Å². The van der Waals surface area contributed by atoms with Crippen molar-refractivity contribution in [2.75, 3.05) is 19.5 Å². The van der Waals surface area contributed by atoms with E-state index in [-0.39, 0.29) is 5.41 Å². The molecule has 170 valence electrons. The van der Waals surface area contributed by atoms with Crippen LogP contribution in [0.1, 0.15) is 47.1 Å². The zero-order chi connectivity index (χ0) is 23.7. The van der Waals surface area contributed by atoms with Crippen LogP contribution in [0.4, 0.5) is 10.5 Å². The second kappa shape index (κ2) is 8.73. The van der Waals surface area contributed by atoms with Crippen molar-refractivity contribution in [1.29, 1.82) is 0 Å². The molecule has 0 bridgehead atoms. The van der Waals surface area contributed by atoms with Gasteiger partial charge in [-0.2, -0.15) is 0 Å². The Balaban J connectivity index is 2.14. The molecular formula is C27H33NO4. The van der Waals surface area contributed by atoms with Gasteiger partial charge in [-0.05, 0) is 72.9 Å². The van der Waals surface area contributed by atoms with Gasteiger partial charge in [-0.3, -0.25) is 5.32 Å². The van der Waals surface area contributed by atoms with Gasteiger partial charge < -0.3 is 14.2 Å². The lowest BCUT2D eigenvalue weighted by molar-refractivity contribution is 0.0636. The third kappa shape index (κ3) is 5.34. The fourth-order valence-corrected chi connectivity index (χ4v) is 3.63. The van der Waals surface area contributed by atoms with E-state index in [9.17, 15) is 4.79 Å². The largest absolute Gasteiger partial charge is 0.497 e. The van der Waals surface area contributed by atoms with Crippen LogP contribution in [0, 0.1) is 0 Å². The summed E-state index contributed by atoms with van der Waals surface area (Å²) in [5.41, 5.74) is 2.79. The molecule has 32 heavy (non-hydrogen) atoms. The second-order valence-electron chi connectivity index (χ2n) is 9.91. The van der Waals surface area contributed by atoms with E-state index in [0.29, 0.717) is 5.69 Å². The molecule has 3 aromatic carbocycles. The minimum absolute atomic E-state index is 0.198. The first-order valence-corrected chi connectivity index (χ1v) is 10.7. The number of methoxy groups -OCH3 is 2. The van der Waals surface area contributed by atoms with E-state index in [2.05, 4.69) is 44.3 Å². The minimum Gasteiger partial charge on any atom is -0.497 e. The summed E-state index contributed by atoms with van der Waals surface area (Å²) in [5, 5.41) is 5.07. The van der Waals surface area contributed by atoms with E-state index in [1.54, 1.807) is 14.2 Å². The second-order valence-corrected chi connectivity index (χ2v) is 9.91. The van der Waals surface area contributed by atoms with Crippen molar-refractivity contribution in [2.24, 2.45) is 0 Å². The summed E-state index contributed by atoms with van der Waals surface area (Å²) in [6, 6.07) is 16.1. The topological polar surface area (TPSA) is 56.8 Å². The highest BCUT2D eigenvalue weighted by Crippen LogP contribution is 2.42. The fourth-order valence-electron chi connectivity index (χ4n) is 3.63. The zero-order valence-corrected chi connectivity index (χ0v) is 20.3. The first-order valence-electron chi connectivity index (χ1n) is 10.7. The van der Waals surface area contributed by atoms with E-state index in [4.69, 9.17) is 14.2 Å². The maximum absolute atomic E-state index is 12.5. The standard InChI is InChI=1S/C27H33NO4/c1-26(2,3)23-16-20(28-25(29)32-27(4,5)6)15-22(24(23)31-8)19-10-9-18-14-21(30-7)12-11-17(18)13-19/h9-16H,1-8H3,(H,28,29). The molecule has 0 saturated carbocycles. The Labute approximate surface area is 190 Å². The van der Waals surface area contributed by atoms with Crippen molar-refractivity contribution in [3.05, 3.63) is 54.1 Å². The van der Waals surface area contributed by atoms with Crippen LogP contribution in [-0.2, 0) is 10.2 Å². The zero-order valence-electron chi connectivity index (χ0n) is 20.3. The van der Waals surface area contributed by atoms with E-state index in [0.717, 1.165) is 39.0 Å².